The van der Waals surface area contributed by atoms with Gasteiger partial charge in [0.25, 0.3) is 0 Å². The van der Waals surface area contributed by atoms with E-state index in [-0.39, 0.29) is 0 Å². The van der Waals surface area contributed by atoms with E-state index in [0.29, 0.717) is 12.4 Å². The highest BCUT2D eigenvalue weighted by Crippen LogP contribution is 2.03. The van der Waals surface area contributed by atoms with Crippen molar-refractivity contribution < 1.29 is 4.79 Å². The summed E-state index contributed by atoms with van der Waals surface area (Å²) in [7, 11) is 0. The molecule has 1 N–H and O–H groups in total. The Morgan fingerprint density at radius 2 is 2.64 bits per heavy atom. The Kier molecular flexibility index (Phi) is 2.59. The average Bonchev–Trinajstić information content (AvgIpc) is 2.52. The Labute approximate surface area is 64.4 Å². The monoisotopic (exact) mass is 153 g/mol. The van der Waals surface area contributed by atoms with Crippen molar-refractivity contribution in [3.63, 3.8) is 0 Å². The maximum Gasteiger partial charge on any atom is 0.318 e. The fourth-order valence-corrected chi connectivity index (χ4v) is 0.758. The summed E-state index contributed by atoms with van der Waals surface area (Å²) >= 11 is 0. The fourth-order valence-electron chi connectivity index (χ4n) is 0.758. The first-order valence-corrected chi connectivity index (χ1v) is 3.40. The van der Waals surface area contributed by atoms with Crippen LogP contribution in [0.2, 0.25) is 0 Å². The molecule has 0 saturated heterocycles. The molecule has 1 aromatic heterocycles. The molecule has 1 aromatic rings. The lowest BCUT2D eigenvalue weighted by atomic mass is 10.4. The van der Waals surface area contributed by atoms with Crippen molar-refractivity contribution >= 4 is 12.2 Å². The van der Waals surface area contributed by atoms with Crippen LogP contribution >= 0.6 is 0 Å². The number of rotatable bonds is 4. The molecule has 5 nitrogen and oxygen atoms in total. The molecule has 11 heavy (non-hydrogen) atoms. The lowest BCUT2D eigenvalue weighted by molar-refractivity contribution is 0.550. The fraction of sp³-hybridized carbons (Fsp3) is 0.500. The van der Waals surface area contributed by atoms with Gasteiger partial charge in [-0.15, -0.1) is 5.10 Å². The Morgan fingerprint density at radius 3 is 3.09 bits per heavy atom. The highest BCUT2D eigenvalue weighted by Gasteiger charge is 2.06. The number of aromatic nitrogens is 3. The number of hydrogen-bond acceptors (Lipinski definition) is 3. The maximum absolute atomic E-state index is 10.3. The van der Waals surface area contributed by atoms with Gasteiger partial charge < -0.3 is 0 Å². The van der Waals surface area contributed by atoms with E-state index in [9.17, 15) is 4.79 Å². The molecule has 0 saturated carbocycles. The van der Waals surface area contributed by atoms with Crippen LogP contribution in [0.5, 0.6) is 0 Å². The molecule has 0 fully saturated rings. The van der Waals surface area contributed by atoms with Gasteiger partial charge in [-0.3, -0.25) is 14.8 Å². The normalized spacial score (nSPS) is 9.55. The van der Waals surface area contributed by atoms with Gasteiger partial charge in [0.2, 0.25) is 0 Å². The number of anilines is 1. The lowest BCUT2D eigenvalue weighted by Gasteiger charge is -2.09. The Morgan fingerprint density at radius 1 is 1.82 bits per heavy atom. The summed E-state index contributed by atoms with van der Waals surface area (Å²) in [5.41, 5.74) is 0. The van der Waals surface area contributed by atoms with Crippen LogP contribution in [0.3, 0.4) is 0 Å². The Hall–Kier alpha value is -1.39. The molecule has 0 aromatic carbocycles. The SMILES string of the molecule is CCCN([C]=O)c1c[nH]nn1. The first kappa shape index (κ1) is 7.71. The average molecular weight is 153 g/mol. The summed E-state index contributed by atoms with van der Waals surface area (Å²) in [6.07, 6.45) is 4.20. The minimum absolute atomic E-state index is 0.516. The molecule has 0 aliphatic rings. The van der Waals surface area contributed by atoms with Crippen molar-refractivity contribution in [2.45, 2.75) is 13.3 Å². The molecule has 0 atom stereocenters. The number of amides is 1. The third kappa shape index (κ3) is 1.76. The maximum atomic E-state index is 10.3. The van der Waals surface area contributed by atoms with E-state index >= 15 is 0 Å². The van der Waals surface area contributed by atoms with Crippen molar-refractivity contribution in [3.05, 3.63) is 6.20 Å². The molecular formula is C6H9N4O. The van der Waals surface area contributed by atoms with E-state index in [4.69, 9.17) is 0 Å². The zero-order valence-electron chi connectivity index (χ0n) is 6.24. The molecule has 0 aliphatic carbocycles. The van der Waals surface area contributed by atoms with Crippen LogP contribution in [-0.2, 0) is 4.79 Å². The predicted molar refractivity (Wildman–Crippen MR) is 39.7 cm³/mol. The van der Waals surface area contributed by atoms with Crippen LogP contribution in [0.25, 0.3) is 0 Å². The number of H-pyrrole nitrogens is 1. The second kappa shape index (κ2) is 3.70. The van der Waals surface area contributed by atoms with E-state index in [1.807, 2.05) is 6.92 Å². The van der Waals surface area contributed by atoms with Crippen LogP contribution in [0.4, 0.5) is 5.82 Å². The number of nitrogens with one attached hydrogen (secondary N) is 1. The number of hydrogen-bond donors (Lipinski definition) is 1. The van der Waals surface area contributed by atoms with Gasteiger partial charge in [-0.2, -0.15) is 0 Å². The Bertz CT molecular complexity index is 208. The summed E-state index contributed by atoms with van der Waals surface area (Å²) < 4.78 is 0. The van der Waals surface area contributed by atoms with Crippen LogP contribution in [-0.4, -0.2) is 28.4 Å². The van der Waals surface area contributed by atoms with Gasteiger partial charge in [0, 0.05) is 6.54 Å². The van der Waals surface area contributed by atoms with Gasteiger partial charge in [-0.25, -0.2) is 0 Å². The highest BCUT2D eigenvalue weighted by atomic mass is 16.1. The second-order valence-corrected chi connectivity index (χ2v) is 2.07. The summed E-state index contributed by atoms with van der Waals surface area (Å²) in [6.45, 7) is 2.60. The molecule has 0 aliphatic heterocycles. The molecule has 0 unspecified atom stereocenters. The largest absolute Gasteiger partial charge is 0.318 e. The van der Waals surface area contributed by atoms with Crippen LogP contribution in [0.1, 0.15) is 13.3 Å². The van der Waals surface area contributed by atoms with Gasteiger partial charge in [-0.1, -0.05) is 12.1 Å². The number of carbonyl (C=O) groups excluding carboxylic acids is 1. The van der Waals surface area contributed by atoms with Crippen LogP contribution < -0.4 is 4.90 Å². The third-order valence-electron chi connectivity index (χ3n) is 1.24. The molecule has 1 heterocycles. The summed E-state index contributed by atoms with van der Waals surface area (Å²) in [6, 6.07) is 0. The molecule has 1 amide bonds. The number of aromatic amines is 1. The molecule has 0 bridgehead atoms. The topological polar surface area (TPSA) is 61.9 Å². The van der Waals surface area contributed by atoms with Gasteiger partial charge in [0.05, 0.1) is 6.20 Å². The third-order valence-corrected chi connectivity index (χ3v) is 1.24. The van der Waals surface area contributed by atoms with E-state index in [1.54, 1.807) is 12.6 Å². The molecular weight excluding hydrogens is 144 g/mol. The van der Waals surface area contributed by atoms with Crippen LogP contribution in [0, 0.1) is 0 Å². The van der Waals surface area contributed by atoms with E-state index < -0.39 is 0 Å². The Balaban J connectivity index is 2.63. The minimum Gasteiger partial charge on any atom is -0.286 e. The van der Waals surface area contributed by atoms with Gasteiger partial charge >= 0.3 is 6.41 Å². The summed E-state index contributed by atoms with van der Waals surface area (Å²) in [5, 5.41) is 9.66. The van der Waals surface area contributed by atoms with Crippen molar-refractivity contribution in [1.29, 1.82) is 0 Å². The molecule has 0 spiro atoms. The van der Waals surface area contributed by atoms with E-state index in [0.717, 1.165) is 6.42 Å². The zero-order chi connectivity index (χ0) is 8.10. The quantitative estimate of drug-likeness (QED) is 0.623. The smallest absolute Gasteiger partial charge is 0.286 e. The van der Waals surface area contributed by atoms with Crippen molar-refractivity contribution in [2.75, 3.05) is 11.4 Å². The molecule has 1 rings (SSSR count). The van der Waals surface area contributed by atoms with Crippen molar-refractivity contribution in [3.8, 4) is 0 Å². The number of nitrogens with zero attached hydrogens (tertiary/aromatic N) is 3. The van der Waals surface area contributed by atoms with Crippen molar-refractivity contribution in [1.82, 2.24) is 15.4 Å². The first-order valence-electron chi connectivity index (χ1n) is 3.40. The lowest BCUT2D eigenvalue weighted by Crippen LogP contribution is -2.21. The zero-order valence-corrected chi connectivity index (χ0v) is 6.24. The van der Waals surface area contributed by atoms with Gasteiger partial charge in [0.1, 0.15) is 0 Å². The molecule has 59 valence electrons. The summed E-state index contributed by atoms with van der Waals surface area (Å²) in [4.78, 5) is 11.7. The summed E-state index contributed by atoms with van der Waals surface area (Å²) in [5.74, 6) is 0.516. The van der Waals surface area contributed by atoms with Gasteiger partial charge in [0.15, 0.2) is 5.82 Å². The minimum atomic E-state index is 0.516. The van der Waals surface area contributed by atoms with Gasteiger partial charge in [-0.05, 0) is 6.42 Å². The molecule has 5 heteroatoms. The standard InChI is InChI=1S/C6H9N4O/c1-2-3-10(5-11)6-4-7-9-8-6/h4H,2-3H2,1H3,(H,7,8,9). The first-order chi connectivity index (χ1) is 5.38. The second-order valence-electron chi connectivity index (χ2n) is 2.07. The molecule has 1 radical (unpaired) electrons. The predicted octanol–water partition coefficient (Wildman–Crippen LogP) is 0.0883. The highest BCUT2D eigenvalue weighted by molar-refractivity contribution is 5.72. The van der Waals surface area contributed by atoms with E-state index in [1.165, 1.54) is 4.90 Å². The van der Waals surface area contributed by atoms with E-state index in [2.05, 4.69) is 15.4 Å². The van der Waals surface area contributed by atoms with Crippen molar-refractivity contribution in [2.24, 2.45) is 0 Å². The van der Waals surface area contributed by atoms with Crippen LogP contribution in [0.15, 0.2) is 6.20 Å².